The molecular formula is C14H15ClN2O2S. The van der Waals surface area contributed by atoms with Gasteiger partial charge < -0.3 is 5.73 Å². The average molecular weight is 311 g/mol. The number of nitrogens with zero attached hydrogens (tertiary/aromatic N) is 1. The molecular weight excluding hydrogens is 296 g/mol. The van der Waals surface area contributed by atoms with Crippen molar-refractivity contribution in [2.24, 2.45) is 5.73 Å². The van der Waals surface area contributed by atoms with E-state index in [1.54, 1.807) is 30.6 Å². The second-order valence-electron chi connectivity index (χ2n) is 4.62. The molecule has 0 aliphatic carbocycles. The van der Waals surface area contributed by atoms with Crippen molar-refractivity contribution in [1.29, 1.82) is 0 Å². The van der Waals surface area contributed by atoms with Crippen LogP contribution >= 0.6 is 11.6 Å². The van der Waals surface area contributed by atoms with Gasteiger partial charge in [-0.05, 0) is 35.7 Å². The number of halogens is 1. The van der Waals surface area contributed by atoms with Gasteiger partial charge in [0.1, 0.15) is 0 Å². The molecule has 6 heteroatoms. The molecule has 0 saturated heterocycles. The number of nitrogens with two attached hydrogens (primary N) is 1. The van der Waals surface area contributed by atoms with Crippen LogP contribution in [0, 0.1) is 0 Å². The molecule has 4 nitrogen and oxygen atoms in total. The molecule has 0 radical (unpaired) electrons. The van der Waals surface area contributed by atoms with E-state index in [2.05, 4.69) is 4.98 Å². The number of pyridine rings is 1. The maximum absolute atomic E-state index is 11.5. The van der Waals surface area contributed by atoms with Gasteiger partial charge in [-0.1, -0.05) is 23.7 Å². The van der Waals surface area contributed by atoms with Crippen LogP contribution in [0.15, 0.2) is 47.6 Å². The van der Waals surface area contributed by atoms with E-state index in [-0.39, 0.29) is 10.9 Å². The van der Waals surface area contributed by atoms with Gasteiger partial charge >= 0.3 is 0 Å². The van der Waals surface area contributed by atoms with Crippen molar-refractivity contribution in [1.82, 2.24) is 4.98 Å². The molecule has 2 rings (SSSR count). The molecule has 0 spiro atoms. The van der Waals surface area contributed by atoms with E-state index in [0.29, 0.717) is 11.4 Å². The highest BCUT2D eigenvalue weighted by atomic mass is 35.5. The fourth-order valence-corrected chi connectivity index (χ4v) is 2.77. The number of sulfone groups is 1. The predicted molar refractivity (Wildman–Crippen MR) is 79.4 cm³/mol. The van der Waals surface area contributed by atoms with Crippen molar-refractivity contribution in [2.75, 3.05) is 6.26 Å². The Bertz CT molecular complexity index is 717. The van der Waals surface area contributed by atoms with Crippen molar-refractivity contribution in [3.63, 3.8) is 0 Å². The topological polar surface area (TPSA) is 73.0 Å². The third-order valence-corrected chi connectivity index (χ3v) is 4.46. The Balaban J connectivity index is 2.26. The average Bonchev–Trinajstić information content (AvgIpc) is 2.40. The fourth-order valence-electron chi connectivity index (χ4n) is 1.90. The standard InChI is InChI=1S/C14H15ClN2O2S/c1-20(18,19)12-4-2-3-11(7-12)14(16)8-10-5-6-17-9-13(10)15/h2-7,9,14H,8,16H2,1H3. The summed E-state index contributed by atoms with van der Waals surface area (Å²) in [7, 11) is -3.23. The Hall–Kier alpha value is -1.43. The normalized spacial score (nSPS) is 13.2. The lowest BCUT2D eigenvalue weighted by Gasteiger charge is -2.14. The lowest BCUT2D eigenvalue weighted by molar-refractivity contribution is 0.601. The summed E-state index contributed by atoms with van der Waals surface area (Å²) in [5.74, 6) is 0. The SMILES string of the molecule is CS(=O)(=O)c1cccc(C(N)Cc2ccncc2Cl)c1. The van der Waals surface area contributed by atoms with E-state index in [4.69, 9.17) is 17.3 Å². The summed E-state index contributed by atoms with van der Waals surface area (Å²) in [4.78, 5) is 4.19. The maximum atomic E-state index is 11.5. The zero-order chi connectivity index (χ0) is 14.8. The lowest BCUT2D eigenvalue weighted by Crippen LogP contribution is -2.14. The zero-order valence-electron chi connectivity index (χ0n) is 11.0. The van der Waals surface area contributed by atoms with Gasteiger partial charge in [-0.15, -0.1) is 0 Å². The highest BCUT2D eigenvalue weighted by Gasteiger charge is 2.13. The van der Waals surface area contributed by atoms with Gasteiger partial charge in [-0.25, -0.2) is 8.42 Å². The van der Waals surface area contributed by atoms with Crippen LogP contribution in [0.2, 0.25) is 5.02 Å². The van der Waals surface area contributed by atoms with Crippen molar-refractivity contribution in [3.05, 3.63) is 58.9 Å². The molecule has 0 fully saturated rings. The van der Waals surface area contributed by atoms with Crippen LogP contribution < -0.4 is 5.73 Å². The van der Waals surface area contributed by atoms with E-state index in [0.717, 1.165) is 11.1 Å². The third-order valence-electron chi connectivity index (χ3n) is 3.01. The Morgan fingerprint density at radius 3 is 2.75 bits per heavy atom. The van der Waals surface area contributed by atoms with Crippen LogP contribution in [-0.4, -0.2) is 19.7 Å². The van der Waals surface area contributed by atoms with Crippen LogP contribution in [-0.2, 0) is 16.3 Å². The molecule has 0 aliphatic heterocycles. The minimum atomic E-state index is -3.23. The van der Waals surface area contributed by atoms with E-state index in [1.165, 1.54) is 6.26 Å². The summed E-state index contributed by atoms with van der Waals surface area (Å²) in [5.41, 5.74) is 7.79. The molecule has 0 bridgehead atoms. The molecule has 0 saturated carbocycles. The van der Waals surface area contributed by atoms with Crippen molar-refractivity contribution < 1.29 is 8.42 Å². The van der Waals surface area contributed by atoms with Gasteiger partial charge in [0.25, 0.3) is 0 Å². The third kappa shape index (κ3) is 3.56. The first-order valence-electron chi connectivity index (χ1n) is 6.02. The summed E-state index contributed by atoms with van der Waals surface area (Å²) < 4.78 is 23.1. The number of hydrogen-bond acceptors (Lipinski definition) is 4. The van der Waals surface area contributed by atoms with E-state index < -0.39 is 9.84 Å². The van der Waals surface area contributed by atoms with Crippen LogP contribution in [0.4, 0.5) is 0 Å². The number of aromatic nitrogens is 1. The summed E-state index contributed by atoms with van der Waals surface area (Å²) in [6, 6.07) is 8.16. The van der Waals surface area contributed by atoms with Crippen LogP contribution in [0.25, 0.3) is 0 Å². The first kappa shape index (κ1) is 15.0. The zero-order valence-corrected chi connectivity index (χ0v) is 12.5. The molecule has 1 aromatic carbocycles. The van der Waals surface area contributed by atoms with Crippen molar-refractivity contribution in [3.8, 4) is 0 Å². The summed E-state index contributed by atoms with van der Waals surface area (Å²) >= 11 is 6.05. The second-order valence-corrected chi connectivity index (χ2v) is 7.05. The second kappa shape index (κ2) is 5.91. The first-order valence-corrected chi connectivity index (χ1v) is 8.29. The van der Waals surface area contributed by atoms with Crippen LogP contribution in [0.3, 0.4) is 0 Å². The number of rotatable bonds is 4. The van der Waals surface area contributed by atoms with Gasteiger partial charge in [0.05, 0.1) is 9.92 Å². The van der Waals surface area contributed by atoms with Crippen LogP contribution in [0.5, 0.6) is 0 Å². The van der Waals surface area contributed by atoms with Gasteiger partial charge in [0.2, 0.25) is 0 Å². The van der Waals surface area contributed by atoms with E-state index >= 15 is 0 Å². The monoisotopic (exact) mass is 310 g/mol. The van der Waals surface area contributed by atoms with Crippen molar-refractivity contribution >= 4 is 21.4 Å². The smallest absolute Gasteiger partial charge is 0.175 e. The number of benzene rings is 1. The van der Waals surface area contributed by atoms with Crippen LogP contribution in [0.1, 0.15) is 17.2 Å². The molecule has 1 aromatic heterocycles. The van der Waals surface area contributed by atoms with Gasteiger partial charge in [0.15, 0.2) is 9.84 Å². The summed E-state index contributed by atoms with van der Waals surface area (Å²) in [5, 5.41) is 0.558. The molecule has 1 atom stereocenters. The maximum Gasteiger partial charge on any atom is 0.175 e. The van der Waals surface area contributed by atoms with Crippen molar-refractivity contribution in [2.45, 2.75) is 17.4 Å². The largest absolute Gasteiger partial charge is 0.324 e. The Labute approximate surface area is 123 Å². The molecule has 0 aliphatic rings. The molecule has 20 heavy (non-hydrogen) atoms. The molecule has 1 unspecified atom stereocenters. The highest BCUT2D eigenvalue weighted by molar-refractivity contribution is 7.90. The van der Waals surface area contributed by atoms with E-state index in [9.17, 15) is 8.42 Å². The Morgan fingerprint density at radius 2 is 2.10 bits per heavy atom. The quantitative estimate of drug-likeness (QED) is 0.941. The van der Waals surface area contributed by atoms with Gasteiger partial charge in [-0.3, -0.25) is 4.98 Å². The molecule has 106 valence electrons. The molecule has 2 aromatic rings. The fraction of sp³-hybridized carbons (Fsp3) is 0.214. The summed E-state index contributed by atoms with van der Waals surface area (Å²) in [6.45, 7) is 0. The van der Waals surface area contributed by atoms with E-state index in [1.807, 2.05) is 12.1 Å². The highest BCUT2D eigenvalue weighted by Crippen LogP contribution is 2.22. The van der Waals surface area contributed by atoms with Gasteiger partial charge in [0, 0.05) is 24.7 Å². The number of hydrogen-bond donors (Lipinski definition) is 1. The summed E-state index contributed by atoms with van der Waals surface area (Å²) in [6.07, 6.45) is 4.92. The minimum Gasteiger partial charge on any atom is -0.324 e. The molecule has 1 heterocycles. The molecule has 2 N–H and O–H groups in total. The lowest BCUT2D eigenvalue weighted by atomic mass is 10.0. The molecule has 0 amide bonds. The Morgan fingerprint density at radius 1 is 1.35 bits per heavy atom. The predicted octanol–water partition coefficient (Wildman–Crippen LogP) is 2.38. The minimum absolute atomic E-state index is 0.270. The first-order chi connectivity index (χ1) is 9.38. The Kier molecular flexibility index (Phi) is 4.42. The van der Waals surface area contributed by atoms with Gasteiger partial charge in [-0.2, -0.15) is 0 Å².